The van der Waals surface area contributed by atoms with Crippen molar-refractivity contribution < 1.29 is 9.90 Å². The van der Waals surface area contributed by atoms with E-state index in [0.29, 0.717) is 12.1 Å². The van der Waals surface area contributed by atoms with Crippen molar-refractivity contribution in [1.29, 1.82) is 0 Å². The first kappa shape index (κ1) is 12.6. The Morgan fingerprint density at radius 1 is 1.50 bits per heavy atom. The number of hydrogen-bond acceptors (Lipinski definition) is 2. The summed E-state index contributed by atoms with van der Waals surface area (Å²) in [7, 11) is 0. The van der Waals surface area contributed by atoms with Gasteiger partial charge in [-0.25, -0.2) is 9.48 Å². The highest BCUT2D eigenvalue weighted by Crippen LogP contribution is 2.24. The molecule has 1 aromatic heterocycles. The molecule has 5 heteroatoms. The van der Waals surface area contributed by atoms with Crippen LogP contribution >= 0.6 is 11.6 Å². The van der Waals surface area contributed by atoms with Crippen LogP contribution in [-0.4, -0.2) is 20.9 Å². The van der Waals surface area contributed by atoms with E-state index in [9.17, 15) is 4.79 Å². The number of aromatic nitrogens is 2. The van der Waals surface area contributed by atoms with Crippen LogP contribution in [0.5, 0.6) is 0 Å². The molecule has 0 fully saturated rings. The quantitative estimate of drug-likeness (QED) is 0.927. The number of nitrogens with zero attached hydrogens (tertiary/aromatic N) is 2. The van der Waals surface area contributed by atoms with Crippen LogP contribution in [0.4, 0.5) is 0 Å². The summed E-state index contributed by atoms with van der Waals surface area (Å²) in [5.74, 6) is -1.05. The average Bonchev–Trinajstić information content (AvgIpc) is 2.66. The summed E-state index contributed by atoms with van der Waals surface area (Å²) in [6, 6.07) is 7.59. The zero-order chi connectivity index (χ0) is 13.3. The molecule has 0 aliphatic carbocycles. The second kappa shape index (κ2) is 4.82. The summed E-state index contributed by atoms with van der Waals surface area (Å²) >= 11 is 6.11. The van der Waals surface area contributed by atoms with Crippen LogP contribution < -0.4 is 0 Å². The second-order valence-electron chi connectivity index (χ2n) is 4.02. The van der Waals surface area contributed by atoms with Crippen molar-refractivity contribution in [2.75, 3.05) is 0 Å². The predicted octanol–water partition coefficient (Wildman–Crippen LogP) is 3.09. The summed E-state index contributed by atoms with van der Waals surface area (Å²) in [6.45, 7) is 3.81. The molecule has 18 heavy (non-hydrogen) atoms. The number of aryl methyl sites for hydroxylation is 2. The van der Waals surface area contributed by atoms with Gasteiger partial charge in [-0.1, -0.05) is 30.7 Å². The van der Waals surface area contributed by atoms with Gasteiger partial charge in [-0.05, 0) is 31.0 Å². The van der Waals surface area contributed by atoms with E-state index in [2.05, 4.69) is 5.10 Å². The lowest BCUT2D eigenvalue weighted by Gasteiger charge is -2.03. The first-order chi connectivity index (χ1) is 8.54. The van der Waals surface area contributed by atoms with E-state index in [1.165, 1.54) is 4.68 Å². The van der Waals surface area contributed by atoms with Crippen LogP contribution in [0.15, 0.2) is 24.3 Å². The van der Waals surface area contributed by atoms with E-state index in [1.54, 1.807) is 0 Å². The second-order valence-corrected chi connectivity index (χ2v) is 4.38. The highest BCUT2D eigenvalue weighted by atomic mass is 35.5. The largest absolute Gasteiger partial charge is 0.478 e. The summed E-state index contributed by atoms with van der Waals surface area (Å²) in [5.41, 5.74) is 2.41. The molecule has 4 nitrogen and oxygen atoms in total. The Bertz CT molecular complexity index is 605. The minimum absolute atomic E-state index is 0.0840. The Labute approximate surface area is 110 Å². The van der Waals surface area contributed by atoms with Gasteiger partial charge < -0.3 is 5.11 Å². The highest BCUT2D eigenvalue weighted by Gasteiger charge is 2.21. The molecule has 0 unspecified atom stereocenters. The van der Waals surface area contributed by atoms with E-state index in [0.717, 1.165) is 11.3 Å². The normalized spacial score (nSPS) is 10.6. The first-order valence-electron chi connectivity index (χ1n) is 5.62. The molecule has 0 radical (unpaired) electrons. The molecule has 0 amide bonds. The minimum atomic E-state index is -1.05. The lowest BCUT2D eigenvalue weighted by Crippen LogP contribution is -2.00. The smallest absolute Gasteiger partial charge is 0.340 e. The highest BCUT2D eigenvalue weighted by molar-refractivity contribution is 6.32. The summed E-state index contributed by atoms with van der Waals surface area (Å²) in [6.07, 6.45) is 0.528. The Morgan fingerprint density at radius 2 is 2.22 bits per heavy atom. The van der Waals surface area contributed by atoms with Gasteiger partial charge >= 0.3 is 5.97 Å². The van der Waals surface area contributed by atoms with Crippen molar-refractivity contribution in [2.24, 2.45) is 0 Å². The lowest BCUT2D eigenvalue weighted by atomic mass is 10.2. The number of benzene rings is 1. The SMILES string of the molecule is CCc1nn(-c2cccc(C)c2)c(Cl)c1C(=O)O. The topological polar surface area (TPSA) is 55.1 Å². The maximum absolute atomic E-state index is 11.2. The van der Waals surface area contributed by atoms with Crippen molar-refractivity contribution in [3.05, 3.63) is 46.2 Å². The molecule has 0 atom stereocenters. The fourth-order valence-corrected chi connectivity index (χ4v) is 2.15. The number of carbonyl (C=O) groups is 1. The summed E-state index contributed by atoms with van der Waals surface area (Å²) < 4.78 is 1.47. The number of halogens is 1. The van der Waals surface area contributed by atoms with Crippen LogP contribution in [0.25, 0.3) is 5.69 Å². The first-order valence-corrected chi connectivity index (χ1v) is 6.00. The molecule has 0 aliphatic rings. The van der Waals surface area contributed by atoms with Crippen molar-refractivity contribution >= 4 is 17.6 Å². The fraction of sp³-hybridized carbons (Fsp3) is 0.231. The number of hydrogen-bond donors (Lipinski definition) is 1. The zero-order valence-corrected chi connectivity index (χ0v) is 10.9. The van der Waals surface area contributed by atoms with Gasteiger partial charge in [-0.2, -0.15) is 5.10 Å². The number of carboxylic acids is 1. The molecule has 1 aromatic carbocycles. The van der Waals surface area contributed by atoms with E-state index >= 15 is 0 Å². The van der Waals surface area contributed by atoms with E-state index in [-0.39, 0.29) is 10.7 Å². The molecule has 0 bridgehead atoms. The molecule has 1 heterocycles. The third kappa shape index (κ3) is 2.11. The Kier molecular flexibility index (Phi) is 3.39. The van der Waals surface area contributed by atoms with Crippen molar-refractivity contribution in [1.82, 2.24) is 9.78 Å². The lowest BCUT2D eigenvalue weighted by molar-refractivity contribution is 0.0696. The van der Waals surface area contributed by atoms with E-state index in [4.69, 9.17) is 16.7 Å². The van der Waals surface area contributed by atoms with Crippen LogP contribution in [-0.2, 0) is 6.42 Å². The maximum Gasteiger partial charge on any atom is 0.340 e. The van der Waals surface area contributed by atoms with Gasteiger partial charge in [-0.15, -0.1) is 0 Å². The standard InChI is InChI=1S/C13H13ClN2O2/c1-3-10-11(13(17)18)12(14)16(15-10)9-6-4-5-8(2)7-9/h4-7H,3H2,1-2H3,(H,17,18). The van der Waals surface area contributed by atoms with Crippen LogP contribution in [0.1, 0.15) is 28.5 Å². The molecule has 2 rings (SSSR count). The maximum atomic E-state index is 11.2. The van der Waals surface area contributed by atoms with Gasteiger partial charge in [0.2, 0.25) is 0 Å². The predicted molar refractivity (Wildman–Crippen MR) is 69.6 cm³/mol. The number of carboxylic acid groups (broad SMARTS) is 1. The van der Waals surface area contributed by atoms with E-state index < -0.39 is 5.97 Å². The molecule has 94 valence electrons. The molecule has 2 aromatic rings. The Morgan fingerprint density at radius 3 is 2.72 bits per heavy atom. The van der Waals surface area contributed by atoms with Gasteiger partial charge in [-0.3, -0.25) is 0 Å². The van der Waals surface area contributed by atoms with Crippen molar-refractivity contribution in [3.63, 3.8) is 0 Å². The third-order valence-electron chi connectivity index (χ3n) is 2.70. The molecular weight excluding hydrogens is 252 g/mol. The van der Waals surface area contributed by atoms with Gasteiger partial charge in [0.05, 0.1) is 11.4 Å². The molecule has 0 aliphatic heterocycles. The zero-order valence-electron chi connectivity index (χ0n) is 10.1. The fourth-order valence-electron chi connectivity index (χ4n) is 1.83. The Balaban J connectivity index is 2.63. The average molecular weight is 265 g/mol. The molecule has 0 spiro atoms. The van der Waals surface area contributed by atoms with Crippen molar-refractivity contribution in [2.45, 2.75) is 20.3 Å². The molecular formula is C13H13ClN2O2. The van der Waals surface area contributed by atoms with Gasteiger partial charge in [0, 0.05) is 0 Å². The minimum Gasteiger partial charge on any atom is -0.478 e. The monoisotopic (exact) mass is 264 g/mol. The van der Waals surface area contributed by atoms with Gasteiger partial charge in [0.15, 0.2) is 0 Å². The van der Waals surface area contributed by atoms with E-state index in [1.807, 2.05) is 38.1 Å². The number of rotatable bonds is 3. The molecule has 0 saturated heterocycles. The molecule has 0 saturated carbocycles. The van der Waals surface area contributed by atoms with Crippen LogP contribution in [0.2, 0.25) is 5.15 Å². The van der Waals surface area contributed by atoms with Crippen LogP contribution in [0, 0.1) is 6.92 Å². The number of aromatic carboxylic acids is 1. The van der Waals surface area contributed by atoms with Crippen molar-refractivity contribution in [3.8, 4) is 5.69 Å². The molecule has 1 N–H and O–H groups in total. The Hall–Kier alpha value is -1.81. The van der Waals surface area contributed by atoms with Gasteiger partial charge in [0.25, 0.3) is 0 Å². The summed E-state index contributed by atoms with van der Waals surface area (Å²) in [4.78, 5) is 11.2. The van der Waals surface area contributed by atoms with Crippen LogP contribution in [0.3, 0.4) is 0 Å². The summed E-state index contributed by atoms with van der Waals surface area (Å²) in [5, 5.41) is 13.6. The third-order valence-corrected chi connectivity index (χ3v) is 3.05. The van der Waals surface area contributed by atoms with Gasteiger partial charge in [0.1, 0.15) is 10.7 Å².